The number of hydrogen-bond donors (Lipinski definition) is 1. The van der Waals surface area contributed by atoms with Crippen LogP contribution in [0.4, 0.5) is 0 Å². The molecule has 2 aliphatic rings. The Balaban J connectivity index is 1.86. The van der Waals surface area contributed by atoms with Gasteiger partial charge in [0.1, 0.15) is 4.88 Å². The number of rotatable bonds is 1. The molecule has 0 aliphatic heterocycles. The zero-order valence-corrected chi connectivity index (χ0v) is 10.8. The molecule has 1 fully saturated rings. The second kappa shape index (κ2) is 4.13. The number of aryl methyl sites for hydroxylation is 1. The Morgan fingerprint density at radius 2 is 2.00 bits per heavy atom. The molecule has 0 unspecified atom stereocenters. The Morgan fingerprint density at radius 3 is 2.71 bits per heavy atom. The monoisotopic (exact) mass is 250 g/mol. The lowest BCUT2D eigenvalue weighted by molar-refractivity contribution is 0.0702. The fourth-order valence-electron chi connectivity index (χ4n) is 3.49. The summed E-state index contributed by atoms with van der Waals surface area (Å²) >= 11 is 1.51. The molecule has 17 heavy (non-hydrogen) atoms. The van der Waals surface area contributed by atoms with E-state index in [1.165, 1.54) is 60.3 Å². The number of carbonyl (C=O) groups is 1. The summed E-state index contributed by atoms with van der Waals surface area (Å²) in [5.41, 5.74) is 1.83. The van der Waals surface area contributed by atoms with Gasteiger partial charge in [0.05, 0.1) is 0 Å². The average Bonchev–Trinajstić information content (AvgIpc) is 2.73. The molecule has 0 aromatic carbocycles. The van der Waals surface area contributed by atoms with Gasteiger partial charge in [-0.15, -0.1) is 11.3 Å². The van der Waals surface area contributed by atoms with E-state index in [9.17, 15) is 4.79 Å². The molecule has 3 rings (SSSR count). The van der Waals surface area contributed by atoms with Crippen LogP contribution in [0.2, 0.25) is 0 Å². The van der Waals surface area contributed by atoms with Gasteiger partial charge >= 0.3 is 5.97 Å². The Bertz CT molecular complexity index is 441. The van der Waals surface area contributed by atoms with E-state index >= 15 is 0 Å². The van der Waals surface area contributed by atoms with Crippen molar-refractivity contribution in [1.82, 2.24) is 0 Å². The van der Waals surface area contributed by atoms with E-state index in [1.807, 2.05) is 6.07 Å². The van der Waals surface area contributed by atoms with Crippen molar-refractivity contribution in [3.05, 3.63) is 21.4 Å². The molecule has 3 heteroatoms. The molecule has 1 spiro atoms. The van der Waals surface area contributed by atoms with Gasteiger partial charge in [0.25, 0.3) is 0 Å². The lowest BCUT2D eigenvalue weighted by atomic mass is 9.66. The van der Waals surface area contributed by atoms with Gasteiger partial charge in [0.15, 0.2) is 0 Å². The van der Waals surface area contributed by atoms with Crippen LogP contribution in [0.15, 0.2) is 6.07 Å². The van der Waals surface area contributed by atoms with E-state index in [1.54, 1.807) is 0 Å². The van der Waals surface area contributed by atoms with Crippen molar-refractivity contribution in [2.45, 2.75) is 51.4 Å². The topological polar surface area (TPSA) is 37.3 Å². The lowest BCUT2D eigenvalue weighted by Gasteiger charge is -2.40. The molecule has 1 N–H and O–H groups in total. The van der Waals surface area contributed by atoms with Gasteiger partial charge in [-0.25, -0.2) is 4.79 Å². The zero-order chi connectivity index (χ0) is 11.9. The van der Waals surface area contributed by atoms with Crippen molar-refractivity contribution < 1.29 is 9.90 Å². The van der Waals surface area contributed by atoms with Crippen molar-refractivity contribution >= 4 is 17.3 Å². The second-order valence-corrected chi connectivity index (χ2v) is 6.74. The molecule has 0 atom stereocenters. The smallest absolute Gasteiger partial charge is 0.345 e. The highest BCUT2D eigenvalue weighted by molar-refractivity contribution is 7.14. The maximum absolute atomic E-state index is 11.0. The largest absolute Gasteiger partial charge is 0.477 e. The predicted molar refractivity (Wildman–Crippen MR) is 68.8 cm³/mol. The second-order valence-electron chi connectivity index (χ2n) is 5.60. The van der Waals surface area contributed by atoms with Gasteiger partial charge in [0.2, 0.25) is 0 Å². The van der Waals surface area contributed by atoms with E-state index in [2.05, 4.69) is 0 Å². The van der Waals surface area contributed by atoms with Crippen molar-refractivity contribution in [2.75, 3.05) is 0 Å². The number of hydrogen-bond acceptors (Lipinski definition) is 2. The van der Waals surface area contributed by atoms with Crippen LogP contribution in [0.1, 0.15) is 58.6 Å². The number of aromatic carboxylic acids is 1. The summed E-state index contributed by atoms with van der Waals surface area (Å²) in [6.45, 7) is 0. The fraction of sp³-hybridized carbons (Fsp3) is 0.643. The highest BCUT2D eigenvalue weighted by Crippen LogP contribution is 2.48. The predicted octanol–water partition coefficient (Wildman–Crippen LogP) is 3.89. The molecule has 1 aromatic rings. The minimum absolute atomic E-state index is 0.520. The minimum atomic E-state index is -0.762. The Hall–Kier alpha value is -0.830. The molecule has 0 radical (unpaired) electrons. The third-order valence-electron chi connectivity index (χ3n) is 4.48. The third-order valence-corrected chi connectivity index (χ3v) is 5.65. The van der Waals surface area contributed by atoms with Gasteiger partial charge in [-0.05, 0) is 49.1 Å². The van der Waals surface area contributed by atoms with E-state index in [-0.39, 0.29) is 0 Å². The molecule has 0 amide bonds. The lowest BCUT2D eigenvalue weighted by Crippen LogP contribution is -2.30. The van der Waals surface area contributed by atoms with Gasteiger partial charge in [-0.1, -0.05) is 19.3 Å². The van der Waals surface area contributed by atoms with Crippen LogP contribution in [0, 0.1) is 5.41 Å². The Kier molecular flexibility index (Phi) is 2.74. The molecule has 2 aliphatic carbocycles. The summed E-state index contributed by atoms with van der Waals surface area (Å²) in [6, 6.07) is 1.90. The van der Waals surface area contributed by atoms with Crippen LogP contribution in [0.5, 0.6) is 0 Å². The fourth-order valence-corrected chi connectivity index (χ4v) is 4.71. The highest BCUT2D eigenvalue weighted by atomic mass is 32.1. The first-order valence-corrected chi connectivity index (χ1v) is 7.35. The standard InChI is InChI=1S/C14H18O2S/c15-13(16)11-8-10-4-7-14(9-12(10)17-11)5-2-1-3-6-14/h8H,1-7,9H2,(H,15,16). The van der Waals surface area contributed by atoms with Crippen LogP contribution in [-0.4, -0.2) is 11.1 Å². The summed E-state index contributed by atoms with van der Waals surface area (Å²) in [5.74, 6) is -0.762. The zero-order valence-electron chi connectivity index (χ0n) is 10.00. The molecule has 92 valence electrons. The van der Waals surface area contributed by atoms with E-state index in [4.69, 9.17) is 5.11 Å². The average molecular weight is 250 g/mol. The number of fused-ring (bicyclic) bond motifs is 1. The number of carboxylic acid groups (broad SMARTS) is 1. The molecule has 0 bridgehead atoms. The number of thiophene rings is 1. The molecular weight excluding hydrogens is 232 g/mol. The van der Waals surface area contributed by atoms with E-state index in [0.29, 0.717) is 10.3 Å². The first-order chi connectivity index (χ1) is 8.19. The van der Waals surface area contributed by atoms with Crippen molar-refractivity contribution in [3.63, 3.8) is 0 Å². The van der Waals surface area contributed by atoms with Crippen molar-refractivity contribution in [3.8, 4) is 0 Å². The molecular formula is C14H18O2S. The molecule has 1 heterocycles. The van der Waals surface area contributed by atoms with Crippen molar-refractivity contribution in [2.24, 2.45) is 5.41 Å². The summed E-state index contributed by atoms with van der Waals surface area (Å²) in [5, 5.41) is 9.05. The Morgan fingerprint density at radius 1 is 1.24 bits per heavy atom. The van der Waals surface area contributed by atoms with E-state index < -0.39 is 5.97 Å². The maximum atomic E-state index is 11.0. The molecule has 2 nitrogen and oxygen atoms in total. The first-order valence-electron chi connectivity index (χ1n) is 6.53. The van der Waals surface area contributed by atoms with Gasteiger partial charge in [-0.3, -0.25) is 0 Å². The summed E-state index contributed by atoms with van der Waals surface area (Å²) in [4.78, 5) is 12.9. The Labute approximate surface area is 106 Å². The van der Waals surface area contributed by atoms with Crippen LogP contribution >= 0.6 is 11.3 Å². The summed E-state index contributed by atoms with van der Waals surface area (Å²) in [7, 11) is 0. The number of carboxylic acids is 1. The van der Waals surface area contributed by atoms with Gasteiger partial charge in [-0.2, -0.15) is 0 Å². The van der Waals surface area contributed by atoms with Crippen molar-refractivity contribution in [1.29, 1.82) is 0 Å². The molecule has 0 saturated heterocycles. The summed E-state index contributed by atoms with van der Waals surface area (Å²) in [6.07, 6.45) is 10.3. The van der Waals surface area contributed by atoms with Gasteiger partial charge in [0, 0.05) is 4.88 Å². The van der Waals surface area contributed by atoms with Crippen LogP contribution in [0.3, 0.4) is 0 Å². The normalized spacial score (nSPS) is 22.4. The SMILES string of the molecule is O=C(O)c1cc2c(s1)CC1(CCCCC1)CC2. The maximum Gasteiger partial charge on any atom is 0.345 e. The van der Waals surface area contributed by atoms with Crippen LogP contribution < -0.4 is 0 Å². The van der Waals surface area contributed by atoms with Crippen LogP contribution in [0.25, 0.3) is 0 Å². The molecule has 1 saturated carbocycles. The third kappa shape index (κ3) is 2.01. The van der Waals surface area contributed by atoms with E-state index in [0.717, 1.165) is 12.8 Å². The minimum Gasteiger partial charge on any atom is -0.477 e. The molecule has 1 aromatic heterocycles. The summed E-state index contributed by atoms with van der Waals surface area (Å²) < 4.78 is 0. The highest BCUT2D eigenvalue weighted by Gasteiger charge is 2.36. The van der Waals surface area contributed by atoms with Gasteiger partial charge < -0.3 is 5.11 Å². The first kappa shape index (κ1) is 11.3. The quantitative estimate of drug-likeness (QED) is 0.821. The van der Waals surface area contributed by atoms with Crippen LogP contribution in [-0.2, 0) is 12.8 Å².